The van der Waals surface area contributed by atoms with Crippen LogP contribution in [0, 0.1) is 11.8 Å². The average molecular weight is 377 g/mol. The van der Waals surface area contributed by atoms with Crippen molar-refractivity contribution in [2.45, 2.75) is 12.6 Å². The van der Waals surface area contributed by atoms with E-state index in [1.54, 1.807) is 12.1 Å². The highest BCUT2D eigenvalue weighted by Crippen LogP contribution is 2.37. The molecular weight excluding hydrogens is 359 g/mol. The molecule has 7 heteroatoms. The molecular formula is C20H18F3NO3. The van der Waals surface area contributed by atoms with Crippen LogP contribution in [0.15, 0.2) is 54.6 Å². The second-order valence-electron chi connectivity index (χ2n) is 6.63. The smallest absolute Gasteiger partial charge is 0.394 e. The van der Waals surface area contributed by atoms with Crippen LogP contribution in [0.3, 0.4) is 0 Å². The molecule has 4 nitrogen and oxygen atoms in total. The van der Waals surface area contributed by atoms with Gasteiger partial charge in [0.15, 0.2) is 0 Å². The topological polar surface area (TPSA) is 57.6 Å². The third kappa shape index (κ3) is 4.30. The Labute approximate surface area is 154 Å². The fraction of sp³-hybridized carbons (Fsp3) is 0.300. The number of hydrogen-bond acceptors (Lipinski definition) is 2. The van der Waals surface area contributed by atoms with Crippen molar-refractivity contribution in [2.24, 2.45) is 11.8 Å². The zero-order valence-corrected chi connectivity index (χ0v) is 14.3. The molecule has 1 N–H and O–H groups in total. The van der Waals surface area contributed by atoms with Gasteiger partial charge in [-0.15, -0.1) is 0 Å². The number of likely N-dealkylation sites (tertiary alicyclic amines) is 1. The summed E-state index contributed by atoms with van der Waals surface area (Å²) >= 11 is 0. The normalized spacial score (nSPS) is 19.9. The molecule has 1 aliphatic heterocycles. The highest BCUT2D eigenvalue weighted by molar-refractivity contribution is 5.81. The van der Waals surface area contributed by atoms with Gasteiger partial charge < -0.3 is 10.0 Å². The number of rotatable bonds is 4. The summed E-state index contributed by atoms with van der Waals surface area (Å²) in [6.07, 6.45) is -4.71. The highest BCUT2D eigenvalue weighted by atomic mass is 19.4. The summed E-state index contributed by atoms with van der Waals surface area (Å²) in [4.78, 5) is 24.5. The molecule has 0 saturated carbocycles. The predicted molar refractivity (Wildman–Crippen MR) is 92.8 cm³/mol. The van der Waals surface area contributed by atoms with Crippen molar-refractivity contribution in [1.82, 2.24) is 4.90 Å². The quantitative estimate of drug-likeness (QED) is 0.886. The zero-order chi connectivity index (χ0) is 19.6. The van der Waals surface area contributed by atoms with Crippen LogP contribution >= 0.6 is 0 Å². The van der Waals surface area contributed by atoms with E-state index in [1.807, 2.05) is 42.5 Å². The van der Waals surface area contributed by atoms with Crippen LogP contribution in [0.1, 0.15) is 5.56 Å². The summed E-state index contributed by atoms with van der Waals surface area (Å²) in [6.45, 7) is -1.03. The van der Waals surface area contributed by atoms with Crippen molar-refractivity contribution < 1.29 is 27.9 Å². The Balaban J connectivity index is 1.68. The highest BCUT2D eigenvalue weighted by Gasteiger charge is 2.53. The van der Waals surface area contributed by atoms with Gasteiger partial charge in [-0.2, -0.15) is 13.2 Å². The number of carbonyl (C=O) groups excluding carboxylic acids is 1. The van der Waals surface area contributed by atoms with Crippen molar-refractivity contribution in [3.63, 3.8) is 0 Å². The van der Waals surface area contributed by atoms with Crippen molar-refractivity contribution in [1.29, 1.82) is 0 Å². The third-order valence-electron chi connectivity index (χ3n) is 4.83. The van der Waals surface area contributed by atoms with Gasteiger partial charge in [0.1, 0.15) is 0 Å². The molecule has 1 saturated heterocycles. The van der Waals surface area contributed by atoms with Gasteiger partial charge in [-0.05, 0) is 16.7 Å². The molecule has 2 aromatic carbocycles. The maximum Gasteiger partial charge on any atom is 0.394 e. The van der Waals surface area contributed by atoms with E-state index in [4.69, 9.17) is 5.11 Å². The van der Waals surface area contributed by atoms with E-state index in [0.29, 0.717) is 5.56 Å². The minimum atomic E-state index is -4.64. The monoisotopic (exact) mass is 377 g/mol. The van der Waals surface area contributed by atoms with Crippen LogP contribution < -0.4 is 0 Å². The Morgan fingerprint density at radius 2 is 1.56 bits per heavy atom. The Kier molecular flexibility index (Phi) is 5.21. The lowest BCUT2D eigenvalue weighted by atomic mass is 9.96. The van der Waals surface area contributed by atoms with E-state index >= 15 is 0 Å². The number of aliphatic carboxylic acids is 1. The van der Waals surface area contributed by atoms with Gasteiger partial charge in [-0.3, -0.25) is 9.59 Å². The van der Waals surface area contributed by atoms with Crippen molar-refractivity contribution in [2.75, 3.05) is 13.1 Å². The number of hydrogen-bond donors (Lipinski definition) is 1. The molecule has 0 spiro atoms. The van der Waals surface area contributed by atoms with Gasteiger partial charge in [0.05, 0.1) is 18.3 Å². The van der Waals surface area contributed by atoms with Gasteiger partial charge in [-0.1, -0.05) is 54.6 Å². The largest absolute Gasteiger partial charge is 0.481 e. The molecule has 0 aromatic heterocycles. The lowest BCUT2D eigenvalue weighted by Crippen LogP contribution is -2.34. The van der Waals surface area contributed by atoms with E-state index in [9.17, 15) is 22.8 Å². The van der Waals surface area contributed by atoms with Gasteiger partial charge in [0.2, 0.25) is 5.91 Å². The Morgan fingerprint density at radius 3 is 2.07 bits per heavy atom. The van der Waals surface area contributed by atoms with Gasteiger partial charge in [0, 0.05) is 13.1 Å². The lowest BCUT2D eigenvalue weighted by Gasteiger charge is -2.18. The first kappa shape index (κ1) is 18.9. The molecule has 1 aliphatic rings. The summed E-state index contributed by atoms with van der Waals surface area (Å²) in [6, 6.07) is 16.8. The summed E-state index contributed by atoms with van der Waals surface area (Å²) in [5, 5.41) is 9.04. The summed E-state index contributed by atoms with van der Waals surface area (Å²) < 4.78 is 39.1. The molecule has 0 unspecified atom stereocenters. The fourth-order valence-corrected chi connectivity index (χ4v) is 3.32. The number of amides is 1. The molecule has 27 heavy (non-hydrogen) atoms. The molecule has 0 aliphatic carbocycles. The Hall–Kier alpha value is -2.83. The number of carboxylic acids is 1. The zero-order valence-electron chi connectivity index (χ0n) is 14.3. The molecule has 0 radical (unpaired) electrons. The van der Waals surface area contributed by atoms with Crippen LogP contribution in [0.25, 0.3) is 11.1 Å². The second kappa shape index (κ2) is 7.42. The van der Waals surface area contributed by atoms with Crippen LogP contribution in [0.2, 0.25) is 0 Å². The summed E-state index contributed by atoms with van der Waals surface area (Å²) in [5.74, 6) is -5.67. The van der Waals surface area contributed by atoms with Crippen molar-refractivity contribution in [3.05, 3.63) is 60.2 Å². The standard InChI is InChI=1S/C20H18F3NO3/c21-20(22,23)17-12-24(11-16(17)19(26)27)18(25)10-13-6-8-15(9-7-13)14-4-2-1-3-5-14/h1-9,16-17H,10-12H2,(H,26,27)/t16-,17-/m1/s1. The van der Waals surface area contributed by atoms with E-state index in [2.05, 4.69) is 0 Å². The first-order valence-electron chi connectivity index (χ1n) is 8.47. The van der Waals surface area contributed by atoms with Gasteiger partial charge in [0.25, 0.3) is 0 Å². The number of carboxylic acid groups (broad SMARTS) is 1. The van der Waals surface area contributed by atoms with E-state index in [0.717, 1.165) is 16.0 Å². The minimum absolute atomic E-state index is 0.0635. The maximum absolute atomic E-state index is 13.0. The van der Waals surface area contributed by atoms with Crippen molar-refractivity contribution >= 4 is 11.9 Å². The van der Waals surface area contributed by atoms with E-state index in [1.165, 1.54) is 0 Å². The van der Waals surface area contributed by atoms with E-state index in [-0.39, 0.29) is 6.42 Å². The first-order valence-corrected chi connectivity index (χ1v) is 8.47. The fourth-order valence-electron chi connectivity index (χ4n) is 3.32. The summed E-state index contributed by atoms with van der Waals surface area (Å²) in [5.41, 5.74) is 2.66. The number of alkyl halides is 3. The molecule has 1 amide bonds. The van der Waals surface area contributed by atoms with Crippen LogP contribution in [-0.4, -0.2) is 41.1 Å². The third-order valence-corrected chi connectivity index (χ3v) is 4.83. The molecule has 2 aromatic rings. The van der Waals surface area contributed by atoms with Gasteiger partial charge in [-0.25, -0.2) is 0 Å². The summed E-state index contributed by atoms with van der Waals surface area (Å²) in [7, 11) is 0. The van der Waals surface area contributed by atoms with Crippen LogP contribution in [0.4, 0.5) is 13.2 Å². The second-order valence-corrected chi connectivity index (χ2v) is 6.63. The predicted octanol–water partition coefficient (Wildman–Crippen LogP) is 3.62. The van der Waals surface area contributed by atoms with Crippen LogP contribution in [0.5, 0.6) is 0 Å². The molecule has 1 fully saturated rings. The SMILES string of the molecule is O=C(O)[C@@H]1CN(C(=O)Cc2ccc(-c3ccccc3)cc2)C[C@H]1C(F)(F)F. The molecule has 0 bridgehead atoms. The molecule has 1 heterocycles. The van der Waals surface area contributed by atoms with Gasteiger partial charge >= 0.3 is 12.1 Å². The average Bonchev–Trinajstić information content (AvgIpc) is 3.09. The lowest BCUT2D eigenvalue weighted by molar-refractivity contribution is -0.188. The molecule has 142 valence electrons. The van der Waals surface area contributed by atoms with E-state index < -0.39 is 43.0 Å². The number of nitrogens with zero attached hydrogens (tertiary/aromatic N) is 1. The number of carbonyl (C=O) groups is 2. The Morgan fingerprint density at radius 1 is 0.963 bits per heavy atom. The number of halogens is 3. The molecule has 2 atom stereocenters. The first-order chi connectivity index (χ1) is 12.8. The minimum Gasteiger partial charge on any atom is -0.481 e. The maximum atomic E-state index is 13.0. The Bertz CT molecular complexity index is 819. The van der Waals surface area contributed by atoms with Crippen molar-refractivity contribution in [3.8, 4) is 11.1 Å². The molecule has 3 rings (SSSR count). The number of benzene rings is 2. The van der Waals surface area contributed by atoms with Crippen LogP contribution in [-0.2, 0) is 16.0 Å².